The predicted molar refractivity (Wildman–Crippen MR) is 112 cm³/mol. The molecule has 28 heavy (non-hydrogen) atoms. The summed E-state index contributed by atoms with van der Waals surface area (Å²) in [5, 5.41) is 0.561. The molecule has 0 amide bonds. The van der Waals surface area contributed by atoms with E-state index in [0.29, 0.717) is 23.7 Å². The minimum atomic E-state index is -0.327. The van der Waals surface area contributed by atoms with E-state index in [1.807, 2.05) is 18.3 Å². The van der Waals surface area contributed by atoms with Crippen LogP contribution in [-0.4, -0.2) is 41.2 Å². The number of anilines is 1. The van der Waals surface area contributed by atoms with Crippen molar-refractivity contribution in [3.8, 4) is 17.0 Å². The Morgan fingerprint density at radius 2 is 2.07 bits per heavy atom. The van der Waals surface area contributed by atoms with Crippen LogP contribution in [0.1, 0.15) is 32.4 Å². The van der Waals surface area contributed by atoms with Gasteiger partial charge in [0.15, 0.2) is 5.65 Å². The van der Waals surface area contributed by atoms with Crippen LogP contribution in [0.4, 0.5) is 10.2 Å². The van der Waals surface area contributed by atoms with Crippen molar-refractivity contribution in [2.24, 2.45) is 0 Å². The van der Waals surface area contributed by atoms with Gasteiger partial charge >= 0.3 is 0 Å². The molecule has 0 bridgehead atoms. The van der Waals surface area contributed by atoms with Crippen molar-refractivity contribution in [2.45, 2.75) is 33.1 Å². The number of fused-ring (bicyclic) bond motifs is 1. The van der Waals surface area contributed by atoms with Crippen LogP contribution in [0, 0.1) is 0 Å². The lowest BCUT2D eigenvalue weighted by molar-refractivity contribution is 0.415. The number of imidazole rings is 1. The number of methoxy groups -OCH3 is 1. The van der Waals surface area contributed by atoms with Crippen molar-refractivity contribution in [1.82, 2.24) is 14.4 Å². The smallest absolute Gasteiger partial charge is 0.165 e. The average molecular weight is 405 g/mol. The third kappa shape index (κ3) is 3.92. The van der Waals surface area contributed by atoms with Crippen molar-refractivity contribution < 1.29 is 9.13 Å². The van der Waals surface area contributed by atoms with Gasteiger partial charge in [-0.3, -0.25) is 13.8 Å². The molecule has 0 radical (unpaired) electrons. The number of halogens is 2. The summed E-state index contributed by atoms with van der Waals surface area (Å²) in [6.45, 7) is 5.39. The zero-order chi connectivity index (χ0) is 20.1. The number of benzene rings is 1. The van der Waals surface area contributed by atoms with E-state index in [0.717, 1.165) is 47.8 Å². The highest BCUT2D eigenvalue weighted by atomic mass is 35.5. The standard InChI is InChI=1S/C21H26ClFN4O/c1-4-11-26(12-6-9-23)21-18(5-2)25-20-19(24-10-13-27(20)21)16-8-7-15(28-3)14-17(16)22/h7-8,10,13-14H,4-6,9,11-12H2,1-3H3. The Hall–Kier alpha value is -2.34. The van der Waals surface area contributed by atoms with E-state index in [-0.39, 0.29) is 6.67 Å². The highest BCUT2D eigenvalue weighted by Crippen LogP contribution is 2.34. The molecule has 7 heteroatoms. The molecule has 150 valence electrons. The minimum Gasteiger partial charge on any atom is -0.497 e. The lowest BCUT2D eigenvalue weighted by Crippen LogP contribution is -2.28. The SMILES string of the molecule is CCCN(CCCF)c1c(CC)nc2c(-c3ccc(OC)cc3Cl)nccn12. The summed E-state index contributed by atoms with van der Waals surface area (Å²) in [7, 11) is 1.61. The Kier molecular flexibility index (Phi) is 6.73. The van der Waals surface area contributed by atoms with Crippen LogP contribution >= 0.6 is 11.6 Å². The summed E-state index contributed by atoms with van der Waals surface area (Å²) in [5.41, 5.74) is 3.25. The Bertz CT molecular complexity index is 944. The maximum Gasteiger partial charge on any atom is 0.165 e. The lowest BCUT2D eigenvalue weighted by Gasteiger charge is -2.24. The van der Waals surface area contributed by atoms with E-state index in [4.69, 9.17) is 21.3 Å². The van der Waals surface area contributed by atoms with Gasteiger partial charge in [0.1, 0.15) is 17.3 Å². The predicted octanol–water partition coefficient (Wildman–Crippen LogP) is 5.20. The van der Waals surface area contributed by atoms with Crippen molar-refractivity contribution >= 4 is 23.1 Å². The second-order valence-corrected chi connectivity index (χ2v) is 6.99. The van der Waals surface area contributed by atoms with Gasteiger partial charge in [-0.25, -0.2) is 4.98 Å². The second kappa shape index (κ2) is 9.24. The Balaban J connectivity index is 2.17. The number of rotatable bonds is 9. The van der Waals surface area contributed by atoms with Crippen molar-refractivity contribution in [1.29, 1.82) is 0 Å². The fourth-order valence-corrected chi connectivity index (χ4v) is 3.69. The van der Waals surface area contributed by atoms with Gasteiger partial charge in [-0.15, -0.1) is 0 Å². The number of aromatic nitrogens is 3. The Morgan fingerprint density at radius 3 is 2.71 bits per heavy atom. The first-order valence-electron chi connectivity index (χ1n) is 9.65. The van der Waals surface area contributed by atoms with Gasteiger partial charge < -0.3 is 9.64 Å². The summed E-state index contributed by atoms with van der Waals surface area (Å²) < 4.78 is 20.1. The quantitative estimate of drug-likeness (QED) is 0.491. The summed E-state index contributed by atoms with van der Waals surface area (Å²) in [6.07, 6.45) is 5.93. The topological polar surface area (TPSA) is 42.7 Å². The van der Waals surface area contributed by atoms with E-state index in [9.17, 15) is 4.39 Å². The van der Waals surface area contributed by atoms with E-state index in [1.165, 1.54) is 0 Å². The Morgan fingerprint density at radius 1 is 1.25 bits per heavy atom. The van der Waals surface area contributed by atoms with E-state index < -0.39 is 0 Å². The highest BCUT2D eigenvalue weighted by molar-refractivity contribution is 6.33. The van der Waals surface area contributed by atoms with Gasteiger partial charge in [0.05, 0.1) is 24.5 Å². The monoisotopic (exact) mass is 404 g/mol. The van der Waals surface area contributed by atoms with Gasteiger partial charge in [0.2, 0.25) is 0 Å². The number of hydrogen-bond donors (Lipinski definition) is 0. The third-order valence-corrected chi connectivity index (χ3v) is 5.02. The Labute approximate surface area is 170 Å². The zero-order valence-electron chi connectivity index (χ0n) is 16.6. The summed E-state index contributed by atoms with van der Waals surface area (Å²) >= 11 is 6.50. The van der Waals surface area contributed by atoms with E-state index in [1.54, 1.807) is 19.4 Å². The first-order chi connectivity index (χ1) is 13.6. The molecule has 0 saturated carbocycles. The molecule has 0 aliphatic rings. The number of nitrogens with zero attached hydrogens (tertiary/aromatic N) is 4. The van der Waals surface area contributed by atoms with Gasteiger partial charge in [0, 0.05) is 31.0 Å². The molecule has 0 aliphatic carbocycles. The lowest BCUT2D eigenvalue weighted by atomic mass is 10.1. The molecule has 0 fully saturated rings. The average Bonchev–Trinajstić information content (AvgIpc) is 3.09. The van der Waals surface area contributed by atoms with Crippen LogP contribution in [0.15, 0.2) is 30.6 Å². The first-order valence-corrected chi connectivity index (χ1v) is 10.0. The molecule has 0 N–H and O–H groups in total. The molecule has 1 aromatic carbocycles. The van der Waals surface area contributed by atoms with Crippen molar-refractivity contribution in [3.63, 3.8) is 0 Å². The molecule has 0 saturated heterocycles. The molecule has 2 heterocycles. The van der Waals surface area contributed by atoms with Gasteiger partial charge in [-0.2, -0.15) is 0 Å². The summed E-state index contributed by atoms with van der Waals surface area (Å²) in [5.74, 6) is 1.71. The molecule has 0 atom stereocenters. The molecular formula is C21H26ClFN4O. The molecule has 3 rings (SSSR count). The summed E-state index contributed by atoms with van der Waals surface area (Å²) in [6, 6.07) is 5.54. The van der Waals surface area contributed by atoms with Crippen LogP contribution in [0.5, 0.6) is 5.75 Å². The van der Waals surface area contributed by atoms with Crippen LogP contribution in [0.3, 0.4) is 0 Å². The molecule has 0 unspecified atom stereocenters. The van der Waals surface area contributed by atoms with Crippen LogP contribution in [0.2, 0.25) is 5.02 Å². The van der Waals surface area contributed by atoms with E-state index in [2.05, 4.69) is 28.1 Å². The van der Waals surface area contributed by atoms with Crippen molar-refractivity contribution in [2.75, 3.05) is 31.8 Å². The molecule has 5 nitrogen and oxygen atoms in total. The second-order valence-electron chi connectivity index (χ2n) is 6.58. The van der Waals surface area contributed by atoms with Crippen LogP contribution in [-0.2, 0) is 6.42 Å². The highest BCUT2D eigenvalue weighted by Gasteiger charge is 2.21. The normalized spacial score (nSPS) is 11.2. The van der Waals surface area contributed by atoms with Gasteiger partial charge in [-0.1, -0.05) is 25.4 Å². The van der Waals surface area contributed by atoms with Gasteiger partial charge in [0.25, 0.3) is 0 Å². The summed E-state index contributed by atoms with van der Waals surface area (Å²) in [4.78, 5) is 11.7. The number of hydrogen-bond acceptors (Lipinski definition) is 4. The fourth-order valence-electron chi connectivity index (χ4n) is 3.43. The number of aryl methyl sites for hydroxylation is 1. The maximum absolute atomic E-state index is 12.8. The molecule has 3 aromatic rings. The zero-order valence-corrected chi connectivity index (χ0v) is 17.3. The van der Waals surface area contributed by atoms with Crippen molar-refractivity contribution in [3.05, 3.63) is 41.3 Å². The number of alkyl halides is 1. The largest absolute Gasteiger partial charge is 0.497 e. The maximum atomic E-state index is 12.8. The van der Waals surface area contributed by atoms with Crippen LogP contribution in [0.25, 0.3) is 16.9 Å². The fraction of sp³-hybridized carbons (Fsp3) is 0.429. The first kappa shape index (κ1) is 20.4. The molecule has 2 aromatic heterocycles. The molecular weight excluding hydrogens is 379 g/mol. The van der Waals surface area contributed by atoms with Crippen LogP contribution < -0.4 is 9.64 Å². The third-order valence-electron chi connectivity index (χ3n) is 4.71. The molecule has 0 aliphatic heterocycles. The number of ether oxygens (including phenoxy) is 1. The molecule has 0 spiro atoms. The minimum absolute atomic E-state index is 0.327. The van der Waals surface area contributed by atoms with E-state index >= 15 is 0 Å². The van der Waals surface area contributed by atoms with Gasteiger partial charge in [-0.05, 0) is 37.5 Å².